The van der Waals surface area contributed by atoms with Crippen LogP contribution in [-0.2, 0) is 9.53 Å². The summed E-state index contributed by atoms with van der Waals surface area (Å²) in [6.07, 6.45) is 0. The van der Waals surface area contributed by atoms with Crippen LogP contribution in [0.5, 0.6) is 0 Å². The third kappa shape index (κ3) is 3.78. The molecular weight excluding hydrogens is 278 g/mol. The van der Waals surface area contributed by atoms with Crippen molar-refractivity contribution in [1.82, 2.24) is 20.2 Å². The van der Waals surface area contributed by atoms with E-state index in [0.717, 1.165) is 11.4 Å². The highest BCUT2D eigenvalue weighted by atomic mass is 32.2. The number of ether oxygens (including phenoxy) is 1. The van der Waals surface area contributed by atoms with E-state index in [1.54, 1.807) is 11.8 Å². The van der Waals surface area contributed by atoms with E-state index in [-0.39, 0.29) is 5.91 Å². The predicted molar refractivity (Wildman–Crippen MR) is 76.1 cm³/mol. The van der Waals surface area contributed by atoms with E-state index in [0.29, 0.717) is 17.5 Å². The fourth-order valence-electron chi connectivity index (χ4n) is 1.57. The Bertz CT molecular complexity index is 587. The number of hydrogen-bond donors (Lipinski definition) is 1. The molecule has 0 aliphatic rings. The standard InChI is InChI=1S/C12H15N5O2S/c1-9(18)13-10-4-3-5-11(8-10)17-12(14-15-16-17)20-7-6-19-2/h3-5,8H,6-7H2,1-2H3,(H,13,18). The zero-order valence-corrected chi connectivity index (χ0v) is 12.1. The van der Waals surface area contributed by atoms with Crippen LogP contribution in [0.2, 0.25) is 0 Å². The molecule has 0 aliphatic heterocycles. The van der Waals surface area contributed by atoms with Crippen molar-refractivity contribution < 1.29 is 9.53 Å². The van der Waals surface area contributed by atoms with Gasteiger partial charge in [-0.15, -0.1) is 5.10 Å². The molecule has 2 rings (SSSR count). The zero-order chi connectivity index (χ0) is 14.4. The summed E-state index contributed by atoms with van der Waals surface area (Å²) in [7, 11) is 1.65. The molecule has 2 aromatic rings. The van der Waals surface area contributed by atoms with Crippen molar-refractivity contribution >= 4 is 23.4 Å². The summed E-state index contributed by atoms with van der Waals surface area (Å²) >= 11 is 1.51. The molecule has 7 nitrogen and oxygen atoms in total. The number of carbonyl (C=O) groups excluding carboxylic acids is 1. The number of aromatic nitrogens is 4. The summed E-state index contributed by atoms with van der Waals surface area (Å²) in [4.78, 5) is 11.1. The van der Waals surface area contributed by atoms with Gasteiger partial charge < -0.3 is 10.1 Å². The maximum Gasteiger partial charge on any atom is 0.221 e. The number of tetrazole rings is 1. The number of thioether (sulfide) groups is 1. The number of benzene rings is 1. The SMILES string of the molecule is COCCSc1nnnn1-c1cccc(NC(C)=O)c1. The zero-order valence-electron chi connectivity index (χ0n) is 11.2. The van der Waals surface area contributed by atoms with Crippen LogP contribution < -0.4 is 5.32 Å². The van der Waals surface area contributed by atoms with Gasteiger partial charge in [0.15, 0.2) is 0 Å². The number of nitrogens with zero attached hydrogens (tertiary/aromatic N) is 4. The normalized spacial score (nSPS) is 10.5. The lowest BCUT2D eigenvalue weighted by atomic mass is 10.3. The van der Waals surface area contributed by atoms with Gasteiger partial charge in [-0.1, -0.05) is 17.8 Å². The Morgan fingerprint density at radius 3 is 3.10 bits per heavy atom. The van der Waals surface area contributed by atoms with Crippen LogP contribution in [0.3, 0.4) is 0 Å². The second-order valence-electron chi connectivity index (χ2n) is 3.95. The van der Waals surface area contributed by atoms with Crippen LogP contribution in [0.4, 0.5) is 5.69 Å². The Morgan fingerprint density at radius 2 is 2.35 bits per heavy atom. The van der Waals surface area contributed by atoms with Gasteiger partial charge in [0.25, 0.3) is 0 Å². The number of carbonyl (C=O) groups is 1. The molecule has 1 aromatic carbocycles. The predicted octanol–water partition coefficient (Wildman–Crippen LogP) is 1.36. The minimum absolute atomic E-state index is 0.117. The molecule has 0 aliphatic carbocycles. The minimum atomic E-state index is -0.117. The van der Waals surface area contributed by atoms with Crippen LogP contribution in [0.1, 0.15) is 6.92 Å². The largest absolute Gasteiger partial charge is 0.384 e. The number of methoxy groups -OCH3 is 1. The highest BCUT2D eigenvalue weighted by Crippen LogP contribution is 2.20. The summed E-state index contributed by atoms with van der Waals surface area (Å²) in [6, 6.07) is 7.35. The lowest BCUT2D eigenvalue weighted by molar-refractivity contribution is -0.114. The average molecular weight is 293 g/mol. The topological polar surface area (TPSA) is 81.9 Å². The van der Waals surface area contributed by atoms with Gasteiger partial charge in [-0.25, -0.2) is 0 Å². The van der Waals surface area contributed by atoms with Gasteiger partial charge in [0.2, 0.25) is 11.1 Å². The number of nitrogens with one attached hydrogen (secondary N) is 1. The maximum absolute atomic E-state index is 11.1. The molecule has 0 spiro atoms. The first kappa shape index (κ1) is 14.5. The van der Waals surface area contributed by atoms with Gasteiger partial charge in [-0.05, 0) is 28.6 Å². The van der Waals surface area contributed by atoms with Gasteiger partial charge in [0.05, 0.1) is 12.3 Å². The summed E-state index contributed by atoms with van der Waals surface area (Å²) in [5.41, 5.74) is 1.50. The van der Waals surface area contributed by atoms with Gasteiger partial charge in [0.1, 0.15) is 0 Å². The second kappa shape index (κ2) is 7.01. The second-order valence-corrected chi connectivity index (χ2v) is 5.01. The quantitative estimate of drug-likeness (QED) is 0.639. The van der Waals surface area contributed by atoms with E-state index in [1.165, 1.54) is 18.7 Å². The maximum atomic E-state index is 11.1. The lowest BCUT2D eigenvalue weighted by Crippen LogP contribution is -2.07. The van der Waals surface area contributed by atoms with Crippen molar-refractivity contribution in [3.05, 3.63) is 24.3 Å². The van der Waals surface area contributed by atoms with Crippen molar-refractivity contribution in [2.75, 3.05) is 24.8 Å². The Balaban J connectivity index is 2.18. The Morgan fingerprint density at radius 1 is 1.50 bits per heavy atom. The summed E-state index contributed by atoms with van der Waals surface area (Å²) < 4.78 is 6.63. The van der Waals surface area contributed by atoms with Crippen LogP contribution in [0.25, 0.3) is 5.69 Å². The number of anilines is 1. The molecular formula is C12H15N5O2S. The first-order valence-electron chi connectivity index (χ1n) is 5.99. The van der Waals surface area contributed by atoms with Crippen LogP contribution >= 0.6 is 11.8 Å². The van der Waals surface area contributed by atoms with E-state index in [2.05, 4.69) is 20.8 Å². The summed E-state index contributed by atoms with van der Waals surface area (Å²) in [6.45, 7) is 2.10. The van der Waals surface area contributed by atoms with E-state index >= 15 is 0 Å². The molecule has 0 unspecified atom stereocenters. The molecule has 1 heterocycles. The van der Waals surface area contributed by atoms with Crippen molar-refractivity contribution in [3.63, 3.8) is 0 Å². The first-order valence-corrected chi connectivity index (χ1v) is 6.97. The van der Waals surface area contributed by atoms with Crippen molar-refractivity contribution in [1.29, 1.82) is 0 Å². The summed E-state index contributed by atoms with van der Waals surface area (Å²) in [5.74, 6) is 0.649. The Kier molecular flexibility index (Phi) is 5.08. The monoisotopic (exact) mass is 293 g/mol. The average Bonchev–Trinajstić information content (AvgIpc) is 2.87. The van der Waals surface area contributed by atoms with Crippen molar-refractivity contribution in [2.45, 2.75) is 12.1 Å². The van der Waals surface area contributed by atoms with E-state index in [4.69, 9.17) is 4.74 Å². The third-order valence-corrected chi connectivity index (χ3v) is 3.25. The van der Waals surface area contributed by atoms with E-state index in [1.807, 2.05) is 24.3 Å². The minimum Gasteiger partial charge on any atom is -0.384 e. The van der Waals surface area contributed by atoms with Crippen LogP contribution in [0.15, 0.2) is 29.4 Å². The van der Waals surface area contributed by atoms with Crippen LogP contribution in [0, 0.1) is 0 Å². The Labute approximate surface area is 120 Å². The smallest absolute Gasteiger partial charge is 0.221 e. The van der Waals surface area contributed by atoms with Gasteiger partial charge in [-0.2, -0.15) is 4.68 Å². The molecule has 1 aromatic heterocycles. The molecule has 106 valence electrons. The van der Waals surface area contributed by atoms with E-state index in [9.17, 15) is 4.79 Å². The lowest BCUT2D eigenvalue weighted by Gasteiger charge is -2.07. The molecule has 0 saturated carbocycles. The van der Waals surface area contributed by atoms with E-state index < -0.39 is 0 Å². The summed E-state index contributed by atoms with van der Waals surface area (Å²) in [5, 5.41) is 15.0. The third-order valence-electron chi connectivity index (χ3n) is 2.37. The highest BCUT2D eigenvalue weighted by molar-refractivity contribution is 7.99. The molecule has 20 heavy (non-hydrogen) atoms. The molecule has 1 amide bonds. The van der Waals surface area contributed by atoms with Crippen molar-refractivity contribution in [3.8, 4) is 5.69 Å². The number of amides is 1. The van der Waals surface area contributed by atoms with Gasteiger partial charge in [-0.3, -0.25) is 4.79 Å². The molecule has 0 bridgehead atoms. The number of hydrogen-bond acceptors (Lipinski definition) is 6. The fourth-order valence-corrected chi connectivity index (χ4v) is 2.36. The fraction of sp³-hybridized carbons (Fsp3) is 0.333. The number of rotatable bonds is 6. The first-order chi connectivity index (χ1) is 9.70. The molecule has 0 atom stereocenters. The van der Waals surface area contributed by atoms with Crippen LogP contribution in [-0.4, -0.2) is 45.6 Å². The highest BCUT2D eigenvalue weighted by Gasteiger charge is 2.09. The molecule has 0 radical (unpaired) electrons. The molecule has 1 N–H and O–H groups in total. The molecule has 0 saturated heterocycles. The molecule has 8 heteroatoms. The van der Waals surface area contributed by atoms with Gasteiger partial charge >= 0.3 is 0 Å². The Hall–Kier alpha value is -1.93. The van der Waals surface area contributed by atoms with Gasteiger partial charge in [0, 0.05) is 25.5 Å². The molecule has 0 fully saturated rings. The van der Waals surface area contributed by atoms with Crippen molar-refractivity contribution in [2.24, 2.45) is 0 Å².